The Balaban J connectivity index is 2.08. The molecule has 0 radical (unpaired) electrons. The molecular weight excluding hydrogens is 351 g/mol. The van der Waals surface area contributed by atoms with Crippen LogP contribution in [0.15, 0.2) is 59.5 Å². The van der Waals surface area contributed by atoms with Crippen LogP contribution >= 0.6 is 22.6 Å². The number of halogens is 1. The van der Waals surface area contributed by atoms with Crippen LogP contribution in [0.2, 0.25) is 0 Å². The van der Waals surface area contributed by atoms with Gasteiger partial charge in [0.2, 0.25) is 0 Å². The molecule has 0 aliphatic rings. The molecule has 0 bridgehead atoms. The summed E-state index contributed by atoms with van der Waals surface area (Å²) in [5.74, 6) is 0. The van der Waals surface area contributed by atoms with Crippen LogP contribution < -0.4 is 5.56 Å². The van der Waals surface area contributed by atoms with Crippen molar-refractivity contribution in [3.63, 3.8) is 0 Å². The molecule has 3 nitrogen and oxygen atoms in total. The van der Waals surface area contributed by atoms with E-state index < -0.39 is 0 Å². The summed E-state index contributed by atoms with van der Waals surface area (Å²) in [6.07, 6.45) is 1.70. The number of hydrogen-bond acceptors (Lipinski definition) is 2. The highest BCUT2D eigenvalue weighted by Crippen LogP contribution is 2.18. The Morgan fingerprint density at radius 3 is 2.74 bits per heavy atom. The van der Waals surface area contributed by atoms with E-state index in [1.165, 1.54) is 10.1 Å². The standard InChI is InChI=1S/C15H11IN2O/c16-13-8-15(19)18(17-9-13)10-12-6-3-5-11-4-1-2-7-14(11)12/h1-9H,10H2. The molecule has 0 spiro atoms. The fourth-order valence-electron chi connectivity index (χ4n) is 2.12. The summed E-state index contributed by atoms with van der Waals surface area (Å²) in [4.78, 5) is 11.9. The van der Waals surface area contributed by atoms with Crippen molar-refractivity contribution in [3.8, 4) is 0 Å². The van der Waals surface area contributed by atoms with Crippen molar-refractivity contribution < 1.29 is 0 Å². The van der Waals surface area contributed by atoms with Gasteiger partial charge in [-0.1, -0.05) is 42.5 Å². The zero-order valence-electron chi connectivity index (χ0n) is 10.1. The van der Waals surface area contributed by atoms with Gasteiger partial charge in [0.25, 0.3) is 5.56 Å². The lowest BCUT2D eigenvalue weighted by molar-refractivity contribution is 0.639. The Kier molecular flexibility index (Phi) is 3.33. The number of fused-ring (bicyclic) bond motifs is 1. The minimum Gasteiger partial charge on any atom is -0.268 e. The average molecular weight is 362 g/mol. The number of nitrogens with zero attached hydrogens (tertiary/aromatic N) is 2. The van der Waals surface area contributed by atoms with Crippen LogP contribution in [0.5, 0.6) is 0 Å². The first-order valence-electron chi connectivity index (χ1n) is 5.93. The molecule has 0 N–H and O–H groups in total. The summed E-state index contributed by atoms with van der Waals surface area (Å²) in [5.41, 5.74) is 1.04. The summed E-state index contributed by atoms with van der Waals surface area (Å²) in [6, 6.07) is 15.9. The van der Waals surface area contributed by atoms with Crippen LogP contribution in [-0.2, 0) is 6.54 Å². The fourth-order valence-corrected chi connectivity index (χ4v) is 2.51. The number of rotatable bonds is 2. The van der Waals surface area contributed by atoms with Gasteiger partial charge in [0.15, 0.2) is 0 Å². The topological polar surface area (TPSA) is 34.9 Å². The SMILES string of the molecule is O=c1cc(I)cnn1Cc1cccc2ccccc12. The number of hydrogen-bond donors (Lipinski definition) is 0. The maximum atomic E-state index is 11.9. The van der Waals surface area contributed by atoms with Gasteiger partial charge in [-0.05, 0) is 38.9 Å². The third-order valence-corrected chi connectivity index (χ3v) is 3.63. The highest BCUT2D eigenvalue weighted by molar-refractivity contribution is 14.1. The van der Waals surface area contributed by atoms with E-state index in [2.05, 4.69) is 45.9 Å². The van der Waals surface area contributed by atoms with Crippen molar-refractivity contribution in [1.82, 2.24) is 9.78 Å². The molecular formula is C15H11IN2O. The highest BCUT2D eigenvalue weighted by Gasteiger charge is 2.03. The van der Waals surface area contributed by atoms with Crippen LogP contribution in [-0.4, -0.2) is 9.78 Å². The molecule has 1 aromatic heterocycles. The minimum absolute atomic E-state index is 0.0696. The van der Waals surface area contributed by atoms with E-state index in [-0.39, 0.29) is 5.56 Å². The second kappa shape index (κ2) is 5.13. The molecule has 0 aliphatic heterocycles. The molecule has 0 atom stereocenters. The molecule has 19 heavy (non-hydrogen) atoms. The molecule has 0 fully saturated rings. The quantitative estimate of drug-likeness (QED) is 0.657. The maximum absolute atomic E-state index is 11.9. The normalized spacial score (nSPS) is 10.8. The molecule has 1 heterocycles. The predicted molar refractivity (Wildman–Crippen MR) is 84.3 cm³/mol. The monoisotopic (exact) mass is 362 g/mol. The lowest BCUT2D eigenvalue weighted by Crippen LogP contribution is -2.22. The second-order valence-corrected chi connectivity index (χ2v) is 5.55. The minimum atomic E-state index is -0.0696. The van der Waals surface area contributed by atoms with Gasteiger partial charge < -0.3 is 0 Å². The Labute approximate surface area is 124 Å². The molecule has 0 saturated heterocycles. The Morgan fingerprint density at radius 2 is 1.89 bits per heavy atom. The van der Waals surface area contributed by atoms with E-state index in [1.807, 2.05) is 24.3 Å². The van der Waals surface area contributed by atoms with Crippen LogP contribution in [0.3, 0.4) is 0 Å². The van der Waals surface area contributed by atoms with E-state index >= 15 is 0 Å². The van der Waals surface area contributed by atoms with Gasteiger partial charge in [0.1, 0.15) is 0 Å². The molecule has 0 unspecified atom stereocenters. The molecule has 94 valence electrons. The van der Waals surface area contributed by atoms with Crippen LogP contribution in [0.1, 0.15) is 5.56 Å². The molecule has 0 saturated carbocycles. The summed E-state index contributed by atoms with van der Waals surface area (Å²) in [6.45, 7) is 0.497. The van der Waals surface area contributed by atoms with E-state index in [0.717, 1.165) is 14.5 Å². The summed E-state index contributed by atoms with van der Waals surface area (Å²) in [7, 11) is 0. The van der Waals surface area contributed by atoms with E-state index in [1.54, 1.807) is 12.3 Å². The van der Waals surface area contributed by atoms with Gasteiger partial charge in [0.05, 0.1) is 12.7 Å². The van der Waals surface area contributed by atoms with Gasteiger partial charge >= 0.3 is 0 Å². The van der Waals surface area contributed by atoms with E-state index in [4.69, 9.17) is 0 Å². The van der Waals surface area contributed by atoms with E-state index in [9.17, 15) is 4.79 Å². The first-order chi connectivity index (χ1) is 9.24. The third kappa shape index (κ3) is 2.53. The largest absolute Gasteiger partial charge is 0.268 e. The Bertz CT molecular complexity index is 790. The number of benzene rings is 2. The summed E-state index contributed by atoms with van der Waals surface area (Å²) >= 11 is 2.09. The summed E-state index contributed by atoms with van der Waals surface area (Å²) in [5, 5.41) is 6.52. The summed E-state index contributed by atoms with van der Waals surface area (Å²) < 4.78 is 2.35. The van der Waals surface area contributed by atoms with Gasteiger partial charge in [-0.3, -0.25) is 4.79 Å². The van der Waals surface area contributed by atoms with Crippen molar-refractivity contribution in [2.24, 2.45) is 0 Å². The number of aromatic nitrogens is 2. The van der Waals surface area contributed by atoms with Crippen molar-refractivity contribution in [2.75, 3.05) is 0 Å². The molecule has 3 rings (SSSR count). The van der Waals surface area contributed by atoms with Crippen LogP contribution in [0, 0.1) is 3.57 Å². The average Bonchev–Trinajstić information content (AvgIpc) is 2.42. The van der Waals surface area contributed by atoms with Gasteiger partial charge in [0, 0.05) is 9.64 Å². The lowest BCUT2D eigenvalue weighted by Gasteiger charge is -2.08. The fraction of sp³-hybridized carbons (Fsp3) is 0.0667. The van der Waals surface area contributed by atoms with E-state index in [0.29, 0.717) is 6.54 Å². The van der Waals surface area contributed by atoms with Gasteiger partial charge in [-0.25, -0.2) is 4.68 Å². The van der Waals surface area contributed by atoms with Gasteiger partial charge in [-0.15, -0.1) is 0 Å². The molecule has 0 aliphatic carbocycles. The molecule has 3 aromatic rings. The zero-order chi connectivity index (χ0) is 13.2. The molecule has 4 heteroatoms. The smallest absolute Gasteiger partial charge is 0.268 e. The predicted octanol–water partition coefficient (Wildman–Crippen LogP) is 3.05. The zero-order valence-corrected chi connectivity index (χ0v) is 12.2. The van der Waals surface area contributed by atoms with Crippen molar-refractivity contribution in [3.05, 3.63) is 74.2 Å². The van der Waals surface area contributed by atoms with Crippen molar-refractivity contribution in [2.45, 2.75) is 6.54 Å². The second-order valence-electron chi connectivity index (χ2n) is 4.31. The lowest BCUT2D eigenvalue weighted by atomic mass is 10.0. The van der Waals surface area contributed by atoms with Crippen molar-refractivity contribution in [1.29, 1.82) is 0 Å². The van der Waals surface area contributed by atoms with Crippen LogP contribution in [0.4, 0.5) is 0 Å². The maximum Gasteiger partial charge on any atom is 0.268 e. The first-order valence-corrected chi connectivity index (χ1v) is 7.01. The van der Waals surface area contributed by atoms with Gasteiger partial charge in [-0.2, -0.15) is 5.10 Å². The molecule has 2 aromatic carbocycles. The first kappa shape index (κ1) is 12.3. The Hall–Kier alpha value is -1.69. The van der Waals surface area contributed by atoms with Crippen LogP contribution in [0.25, 0.3) is 10.8 Å². The van der Waals surface area contributed by atoms with Crippen molar-refractivity contribution >= 4 is 33.4 Å². The third-order valence-electron chi connectivity index (χ3n) is 3.04. The molecule has 0 amide bonds. The highest BCUT2D eigenvalue weighted by atomic mass is 127. The Morgan fingerprint density at radius 1 is 1.11 bits per heavy atom.